The SMILES string of the molecule is CC[C@H](C)[C@H](NC(=O)[C@H](CCC(N)=O)NC(=O)[C@@H]1CCCN1)C(=O)N[C@H](C(=O)N[C@@H](CC(C)C)C(=O)N[C@@H](Cc1ccccc1)C(N)=O)[C@@H](C)O. The number of benzene rings is 1. The summed E-state index contributed by atoms with van der Waals surface area (Å²) in [5.74, 6) is -5.47. The summed E-state index contributed by atoms with van der Waals surface area (Å²) in [6.45, 7) is 9.09. The van der Waals surface area contributed by atoms with E-state index in [0.717, 1.165) is 12.0 Å². The fourth-order valence-corrected chi connectivity index (χ4v) is 5.65. The Morgan fingerprint density at radius 2 is 1.39 bits per heavy atom. The second-order valence-corrected chi connectivity index (χ2v) is 13.7. The Morgan fingerprint density at radius 3 is 1.92 bits per heavy atom. The summed E-state index contributed by atoms with van der Waals surface area (Å²) in [5, 5.41) is 26.7. The van der Waals surface area contributed by atoms with Crippen LogP contribution in [0.25, 0.3) is 0 Å². The minimum Gasteiger partial charge on any atom is -0.391 e. The highest BCUT2D eigenvalue weighted by Gasteiger charge is 2.36. The van der Waals surface area contributed by atoms with Crippen molar-refractivity contribution in [2.45, 2.75) is 122 Å². The van der Waals surface area contributed by atoms with E-state index in [0.29, 0.717) is 19.4 Å². The van der Waals surface area contributed by atoms with Gasteiger partial charge in [0.15, 0.2) is 0 Å². The van der Waals surface area contributed by atoms with Crippen LogP contribution in [0.2, 0.25) is 0 Å². The molecule has 0 unspecified atom stereocenters. The Morgan fingerprint density at radius 1 is 0.804 bits per heavy atom. The van der Waals surface area contributed by atoms with Gasteiger partial charge in [0.25, 0.3) is 0 Å². The monoisotopic (exact) mass is 716 g/mol. The van der Waals surface area contributed by atoms with E-state index in [1.807, 2.05) is 19.9 Å². The van der Waals surface area contributed by atoms with Gasteiger partial charge in [-0.2, -0.15) is 0 Å². The normalized spacial score (nSPS) is 18.2. The standard InChI is InChI=1S/C35H56N8O8/c1-6-20(4)28(42-32(48)24(14-15-27(36)45)39-31(47)23-13-10-16-38-23)34(50)43-29(21(5)44)35(51)41-26(17-19(2)3)33(49)40-25(30(37)46)18-22-11-8-7-9-12-22/h7-9,11-12,19-21,23-26,28-29,38,44H,6,10,13-18H2,1-5H3,(H2,36,45)(H2,37,46)(H,39,47)(H,40,49)(H,41,51)(H,42,48)(H,43,50)/t20-,21+,23-,24-,25-,26-,28-,29-/m0/s1. The fraction of sp³-hybridized carbons (Fsp3) is 0.629. The van der Waals surface area contributed by atoms with Crippen molar-refractivity contribution in [2.75, 3.05) is 6.54 Å². The van der Waals surface area contributed by atoms with Crippen molar-refractivity contribution >= 4 is 41.4 Å². The Bertz CT molecular complexity index is 1350. The molecule has 1 saturated heterocycles. The molecule has 51 heavy (non-hydrogen) atoms. The Kier molecular flexibility index (Phi) is 17.5. The molecule has 0 saturated carbocycles. The first-order valence-corrected chi connectivity index (χ1v) is 17.6. The van der Waals surface area contributed by atoms with Crippen molar-refractivity contribution in [2.24, 2.45) is 23.3 Å². The predicted molar refractivity (Wildman–Crippen MR) is 189 cm³/mol. The number of carbonyl (C=O) groups is 7. The summed E-state index contributed by atoms with van der Waals surface area (Å²) in [6, 6.07) is 2.30. The van der Waals surface area contributed by atoms with Gasteiger partial charge in [-0.3, -0.25) is 33.6 Å². The number of rotatable bonds is 21. The van der Waals surface area contributed by atoms with Crippen molar-refractivity contribution in [1.29, 1.82) is 0 Å². The molecule has 16 nitrogen and oxygen atoms in total. The van der Waals surface area contributed by atoms with E-state index in [4.69, 9.17) is 11.5 Å². The minimum atomic E-state index is -1.54. The number of aliphatic hydroxyl groups is 1. The highest BCUT2D eigenvalue weighted by molar-refractivity contribution is 5.97. The number of aliphatic hydroxyl groups excluding tert-OH is 1. The smallest absolute Gasteiger partial charge is 0.245 e. The zero-order valence-corrected chi connectivity index (χ0v) is 30.2. The maximum absolute atomic E-state index is 13.7. The van der Waals surface area contributed by atoms with Crippen molar-refractivity contribution in [1.82, 2.24) is 31.9 Å². The van der Waals surface area contributed by atoms with Crippen LogP contribution in [0.1, 0.15) is 78.7 Å². The van der Waals surface area contributed by atoms with Gasteiger partial charge in [-0.1, -0.05) is 64.4 Å². The first kappa shape index (κ1) is 42.6. The highest BCUT2D eigenvalue weighted by Crippen LogP contribution is 2.13. The summed E-state index contributed by atoms with van der Waals surface area (Å²) >= 11 is 0. The molecular weight excluding hydrogens is 660 g/mol. The van der Waals surface area contributed by atoms with Crippen molar-refractivity contribution < 1.29 is 38.7 Å². The Balaban J connectivity index is 2.22. The quantitative estimate of drug-likeness (QED) is 0.0726. The summed E-state index contributed by atoms with van der Waals surface area (Å²) in [6.07, 6.45) is 0.356. The zero-order valence-electron chi connectivity index (χ0n) is 30.2. The molecule has 1 aliphatic rings. The van der Waals surface area contributed by atoms with Gasteiger partial charge >= 0.3 is 0 Å². The van der Waals surface area contributed by atoms with E-state index in [-0.39, 0.29) is 31.6 Å². The van der Waals surface area contributed by atoms with Gasteiger partial charge < -0.3 is 48.5 Å². The lowest BCUT2D eigenvalue weighted by Crippen LogP contribution is -2.62. The van der Waals surface area contributed by atoms with E-state index < -0.39 is 89.6 Å². The van der Waals surface area contributed by atoms with Gasteiger partial charge in [-0.05, 0) is 56.6 Å². The highest BCUT2D eigenvalue weighted by atomic mass is 16.3. The van der Waals surface area contributed by atoms with Crippen LogP contribution in [0, 0.1) is 11.8 Å². The lowest BCUT2D eigenvalue weighted by Gasteiger charge is -2.30. The molecular formula is C35H56N8O8. The number of hydrogen-bond donors (Lipinski definition) is 9. The topological polar surface area (TPSA) is 264 Å². The minimum absolute atomic E-state index is 0.0840. The summed E-state index contributed by atoms with van der Waals surface area (Å²) in [5.41, 5.74) is 11.6. The van der Waals surface area contributed by atoms with Crippen LogP contribution in [-0.4, -0.2) is 95.4 Å². The zero-order chi connectivity index (χ0) is 38.2. The third-order valence-corrected chi connectivity index (χ3v) is 8.83. The first-order chi connectivity index (χ1) is 24.0. The molecule has 1 aromatic carbocycles. The number of nitrogens with two attached hydrogens (primary N) is 2. The molecule has 1 aromatic rings. The molecule has 1 fully saturated rings. The van der Waals surface area contributed by atoms with Crippen LogP contribution in [-0.2, 0) is 40.0 Å². The van der Waals surface area contributed by atoms with Gasteiger partial charge in [0.2, 0.25) is 41.4 Å². The molecule has 7 amide bonds. The van der Waals surface area contributed by atoms with Crippen LogP contribution in [0.15, 0.2) is 30.3 Å². The Labute approximate surface area is 299 Å². The number of nitrogens with one attached hydrogen (secondary N) is 6. The largest absolute Gasteiger partial charge is 0.391 e. The maximum Gasteiger partial charge on any atom is 0.245 e. The number of carbonyl (C=O) groups excluding carboxylic acids is 7. The third-order valence-electron chi connectivity index (χ3n) is 8.83. The van der Waals surface area contributed by atoms with Crippen molar-refractivity contribution in [3.8, 4) is 0 Å². The van der Waals surface area contributed by atoms with Gasteiger partial charge in [0.05, 0.1) is 12.1 Å². The molecule has 1 heterocycles. The molecule has 16 heteroatoms. The molecule has 0 aliphatic carbocycles. The lowest BCUT2D eigenvalue weighted by molar-refractivity contribution is -0.137. The summed E-state index contributed by atoms with van der Waals surface area (Å²) in [7, 11) is 0. The maximum atomic E-state index is 13.7. The molecule has 0 bridgehead atoms. The summed E-state index contributed by atoms with van der Waals surface area (Å²) < 4.78 is 0. The van der Waals surface area contributed by atoms with Gasteiger partial charge in [0, 0.05) is 12.8 Å². The van der Waals surface area contributed by atoms with Crippen LogP contribution < -0.4 is 43.4 Å². The van der Waals surface area contributed by atoms with E-state index in [1.54, 1.807) is 38.1 Å². The summed E-state index contributed by atoms with van der Waals surface area (Å²) in [4.78, 5) is 90.7. The second kappa shape index (κ2) is 20.9. The molecule has 0 radical (unpaired) electrons. The van der Waals surface area contributed by atoms with E-state index in [2.05, 4.69) is 31.9 Å². The number of hydrogen-bond acceptors (Lipinski definition) is 9. The number of primary amides is 2. The molecule has 2 rings (SSSR count). The molecule has 1 aliphatic heterocycles. The molecule has 11 N–H and O–H groups in total. The first-order valence-electron chi connectivity index (χ1n) is 17.6. The second-order valence-electron chi connectivity index (χ2n) is 13.7. The lowest BCUT2D eigenvalue weighted by atomic mass is 9.96. The van der Waals surface area contributed by atoms with E-state index in [1.165, 1.54) is 6.92 Å². The number of amides is 7. The predicted octanol–water partition coefficient (Wildman–Crippen LogP) is -1.37. The average molecular weight is 717 g/mol. The van der Waals surface area contributed by atoms with Crippen LogP contribution in [0.3, 0.4) is 0 Å². The van der Waals surface area contributed by atoms with Crippen LogP contribution in [0.5, 0.6) is 0 Å². The van der Waals surface area contributed by atoms with Crippen LogP contribution >= 0.6 is 0 Å². The van der Waals surface area contributed by atoms with Crippen molar-refractivity contribution in [3.05, 3.63) is 35.9 Å². The van der Waals surface area contributed by atoms with Gasteiger partial charge in [-0.15, -0.1) is 0 Å². The van der Waals surface area contributed by atoms with E-state index >= 15 is 0 Å². The van der Waals surface area contributed by atoms with Gasteiger partial charge in [-0.25, -0.2) is 0 Å². The third kappa shape index (κ3) is 14.3. The van der Waals surface area contributed by atoms with Crippen molar-refractivity contribution in [3.63, 3.8) is 0 Å². The van der Waals surface area contributed by atoms with Crippen LogP contribution in [0.4, 0.5) is 0 Å². The average Bonchev–Trinajstić information content (AvgIpc) is 3.62. The molecule has 0 aromatic heterocycles. The van der Waals surface area contributed by atoms with E-state index in [9.17, 15) is 38.7 Å². The fourth-order valence-electron chi connectivity index (χ4n) is 5.65. The van der Waals surface area contributed by atoms with Gasteiger partial charge in [0.1, 0.15) is 30.2 Å². The molecule has 284 valence electrons. The molecule has 8 atom stereocenters. The molecule has 0 spiro atoms. The Hall–Kier alpha value is -4.57.